The van der Waals surface area contributed by atoms with Crippen molar-refractivity contribution in [2.45, 2.75) is 51.9 Å². The van der Waals surface area contributed by atoms with Crippen LogP contribution in [0.25, 0.3) is 0 Å². The molecule has 1 atom stereocenters. The van der Waals surface area contributed by atoms with Gasteiger partial charge in [0.1, 0.15) is 0 Å². The van der Waals surface area contributed by atoms with E-state index in [1.165, 1.54) is 19.3 Å². The van der Waals surface area contributed by atoms with Gasteiger partial charge in [0.2, 0.25) is 5.89 Å². The average Bonchev–Trinajstić information content (AvgIpc) is 2.70. The maximum atomic E-state index is 5.82. The molecule has 0 spiro atoms. The Hall–Kier alpha value is -0.900. The molecule has 0 bridgehead atoms. The van der Waals surface area contributed by atoms with Crippen LogP contribution in [0.2, 0.25) is 0 Å². The van der Waals surface area contributed by atoms with E-state index in [0.717, 1.165) is 31.1 Å². The molecule has 1 saturated carbocycles. The van der Waals surface area contributed by atoms with Crippen molar-refractivity contribution in [3.05, 3.63) is 11.7 Å². The molecule has 1 heterocycles. The molecule has 2 rings (SSSR count). The van der Waals surface area contributed by atoms with Gasteiger partial charge in [-0.1, -0.05) is 25.4 Å². The van der Waals surface area contributed by atoms with E-state index in [2.05, 4.69) is 24.0 Å². The molecule has 4 nitrogen and oxygen atoms in total. The maximum Gasteiger partial charge on any atom is 0.227 e. The smallest absolute Gasteiger partial charge is 0.227 e. The van der Waals surface area contributed by atoms with Gasteiger partial charge in [0, 0.05) is 12.3 Å². The number of hydrogen-bond acceptors (Lipinski definition) is 4. The van der Waals surface area contributed by atoms with Crippen molar-refractivity contribution in [3.8, 4) is 0 Å². The molecule has 1 aromatic heterocycles. The number of nitrogens with zero attached hydrogens (tertiary/aromatic N) is 2. The zero-order chi connectivity index (χ0) is 11.6. The zero-order valence-corrected chi connectivity index (χ0v) is 10.2. The summed E-state index contributed by atoms with van der Waals surface area (Å²) < 4.78 is 5.30. The van der Waals surface area contributed by atoms with Crippen molar-refractivity contribution in [3.63, 3.8) is 0 Å². The molecule has 0 saturated heterocycles. The third-order valence-electron chi connectivity index (χ3n) is 3.91. The number of aromatic nitrogens is 2. The van der Waals surface area contributed by atoms with E-state index in [4.69, 9.17) is 10.3 Å². The summed E-state index contributed by atoms with van der Waals surface area (Å²) in [6.07, 6.45) is 5.58. The first-order valence-corrected chi connectivity index (χ1v) is 6.21. The standard InChI is InChI=1S/C12H21N3O/c1-3-9(2)11-14-10(16-15-11)7-12(8-13)5-4-6-12/h9H,3-8,13H2,1-2H3. The minimum atomic E-state index is 0.249. The minimum Gasteiger partial charge on any atom is -0.339 e. The summed E-state index contributed by atoms with van der Waals surface area (Å²) in [6, 6.07) is 0. The lowest BCUT2D eigenvalue weighted by molar-refractivity contribution is 0.129. The van der Waals surface area contributed by atoms with Crippen LogP contribution in [0, 0.1) is 5.41 Å². The molecule has 0 aromatic carbocycles. The Bertz CT molecular complexity index is 338. The van der Waals surface area contributed by atoms with Gasteiger partial charge in [0.25, 0.3) is 0 Å². The summed E-state index contributed by atoms with van der Waals surface area (Å²) >= 11 is 0. The van der Waals surface area contributed by atoms with Gasteiger partial charge in [-0.25, -0.2) is 0 Å². The molecular weight excluding hydrogens is 202 g/mol. The van der Waals surface area contributed by atoms with Gasteiger partial charge in [-0.15, -0.1) is 0 Å². The monoisotopic (exact) mass is 223 g/mol. The molecule has 0 amide bonds. The molecule has 1 aliphatic rings. The van der Waals surface area contributed by atoms with Crippen molar-refractivity contribution in [1.82, 2.24) is 10.1 Å². The van der Waals surface area contributed by atoms with E-state index in [1.807, 2.05) is 0 Å². The summed E-state index contributed by atoms with van der Waals surface area (Å²) in [7, 11) is 0. The van der Waals surface area contributed by atoms with Crippen molar-refractivity contribution in [1.29, 1.82) is 0 Å². The molecule has 0 radical (unpaired) electrons. The lowest BCUT2D eigenvalue weighted by atomic mass is 9.67. The van der Waals surface area contributed by atoms with E-state index in [-0.39, 0.29) is 5.41 Å². The van der Waals surface area contributed by atoms with Gasteiger partial charge >= 0.3 is 0 Å². The van der Waals surface area contributed by atoms with E-state index in [0.29, 0.717) is 5.92 Å². The largest absolute Gasteiger partial charge is 0.339 e. The first-order chi connectivity index (χ1) is 7.69. The topological polar surface area (TPSA) is 64.9 Å². The van der Waals surface area contributed by atoms with Gasteiger partial charge in [0.15, 0.2) is 5.82 Å². The predicted octanol–water partition coefficient (Wildman–Crippen LogP) is 2.25. The molecule has 0 aliphatic heterocycles. The van der Waals surface area contributed by atoms with Crippen molar-refractivity contribution in [2.75, 3.05) is 6.54 Å². The highest BCUT2D eigenvalue weighted by Crippen LogP contribution is 2.42. The van der Waals surface area contributed by atoms with E-state index in [9.17, 15) is 0 Å². The summed E-state index contributed by atoms with van der Waals surface area (Å²) in [4.78, 5) is 4.46. The normalized spacial score (nSPS) is 20.4. The molecule has 1 fully saturated rings. The fraction of sp³-hybridized carbons (Fsp3) is 0.833. The molecule has 2 N–H and O–H groups in total. The molecule has 1 aliphatic carbocycles. The first kappa shape index (κ1) is 11.6. The highest BCUT2D eigenvalue weighted by Gasteiger charge is 2.37. The van der Waals surface area contributed by atoms with E-state index in [1.54, 1.807) is 0 Å². The van der Waals surface area contributed by atoms with Gasteiger partial charge in [-0.2, -0.15) is 4.98 Å². The van der Waals surface area contributed by atoms with E-state index >= 15 is 0 Å². The van der Waals surface area contributed by atoms with Crippen LogP contribution in [-0.2, 0) is 6.42 Å². The number of hydrogen-bond donors (Lipinski definition) is 1. The van der Waals surface area contributed by atoms with Crippen molar-refractivity contribution in [2.24, 2.45) is 11.1 Å². The summed E-state index contributed by atoms with van der Waals surface area (Å²) in [5.74, 6) is 1.98. The molecule has 4 heteroatoms. The quantitative estimate of drug-likeness (QED) is 0.831. The minimum absolute atomic E-state index is 0.249. The second-order valence-electron chi connectivity index (χ2n) is 5.09. The maximum absolute atomic E-state index is 5.82. The molecule has 90 valence electrons. The Morgan fingerprint density at radius 1 is 1.50 bits per heavy atom. The summed E-state index contributed by atoms with van der Waals surface area (Å²) in [5, 5.41) is 4.04. The van der Waals surface area contributed by atoms with Crippen molar-refractivity contribution >= 4 is 0 Å². The SMILES string of the molecule is CCC(C)c1noc(CC2(CN)CCC2)n1. The molecule has 16 heavy (non-hydrogen) atoms. The highest BCUT2D eigenvalue weighted by atomic mass is 16.5. The number of rotatable bonds is 5. The Labute approximate surface area is 96.6 Å². The van der Waals surface area contributed by atoms with Crippen LogP contribution < -0.4 is 5.73 Å². The lowest BCUT2D eigenvalue weighted by Gasteiger charge is -2.39. The highest BCUT2D eigenvalue weighted by molar-refractivity contribution is 4.99. The fourth-order valence-corrected chi connectivity index (χ4v) is 2.17. The summed E-state index contributed by atoms with van der Waals surface area (Å²) in [6.45, 7) is 4.98. The van der Waals surface area contributed by atoms with Crippen LogP contribution in [0.15, 0.2) is 4.52 Å². The van der Waals surface area contributed by atoms with Crippen LogP contribution in [0.3, 0.4) is 0 Å². The Morgan fingerprint density at radius 3 is 2.75 bits per heavy atom. The summed E-state index contributed by atoms with van der Waals surface area (Å²) in [5.41, 5.74) is 6.07. The zero-order valence-electron chi connectivity index (χ0n) is 10.2. The average molecular weight is 223 g/mol. The molecule has 1 aromatic rings. The lowest BCUT2D eigenvalue weighted by Crippen LogP contribution is -2.39. The van der Waals surface area contributed by atoms with Crippen LogP contribution in [0.1, 0.15) is 57.2 Å². The van der Waals surface area contributed by atoms with Crippen LogP contribution in [0.4, 0.5) is 0 Å². The third-order valence-corrected chi connectivity index (χ3v) is 3.91. The van der Waals surface area contributed by atoms with Gasteiger partial charge in [-0.05, 0) is 31.2 Å². The van der Waals surface area contributed by atoms with Crippen LogP contribution in [0.5, 0.6) is 0 Å². The van der Waals surface area contributed by atoms with Gasteiger partial charge < -0.3 is 10.3 Å². The fourth-order valence-electron chi connectivity index (χ4n) is 2.17. The third kappa shape index (κ3) is 2.12. The number of nitrogens with two attached hydrogens (primary N) is 1. The Morgan fingerprint density at radius 2 is 2.25 bits per heavy atom. The van der Waals surface area contributed by atoms with E-state index < -0.39 is 0 Å². The van der Waals surface area contributed by atoms with Crippen molar-refractivity contribution < 1.29 is 4.52 Å². The second kappa shape index (κ2) is 4.53. The van der Waals surface area contributed by atoms with Gasteiger partial charge in [-0.3, -0.25) is 0 Å². The molecular formula is C12H21N3O. The predicted molar refractivity (Wildman–Crippen MR) is 62.0 cm³/mol. The first-order valence-electron chi connectivity index (χ1n) is 6.21. The van der Waals surface area contributed by atoms with Crippen LogP contribution in [-0.4, -0.2) is 16.7 Å². The van der Waals surface area contributed by atoms with Crippen LogP contribution >= 0.6 is 0 Å². The Balaban J connectivity index is 2.02. The second-order valence-corrected chi connectivity index (χ2v) is 5.09. The molecule has 1 unspecified atom stereocenters. The Kier molecular flexibility index (Phi) is 3.28. The van der Waals surface area contributed by atoms with Gasteiger partial charge in [0.05, 0.1) is 0 Å².